The van der Waals surface area contributed by atoms with E-state index in [1.54, 1.807) is 36.1 Å². The molecule has 0 unspecified atom stereocenters. The molecule has 2 aromatic carbocycles. The van der Waals surface area contributed by atoms with E-state index in [0.717, 1.165) is 6.07 Å². The largest absolute Gasteiger partial charge is 0.366 e. The van der Waals surface area contributed by atoms with E-state index in [1.807, 2.05) is 11.9 Å². The van der Waals surface area contributed by atoms with Crippen molar-refractivity contribution >= 4 is 21.4 Å². The molecule has 0 saturated carbocycles. The normalized spacial score (nSPS) is 16.3. The number of imidazole rings is 1. The molecule has 34 heavy (non-hydrogen) atoms. The molecule has 1 N–H and O–H groups in total. The van der Waals surface area contributed by atoms with Crippen molar-refractivity contribution in [3.05, 3.63) is 82.2 Å². The van der Waals surface area contributed by atoms with Crippen molar-refractivity contribution in [2.75, 3.05) is 38.5 Å². The molecule has 0 bridgehead atoms. The number of nitrogens with zero attached hydrogens (tertiary/aromatic N) is 5. The van der Waals surface area contributed by atoms with Gasteiger partial charge in [-0.2, -0.15) is 4.31 Å². The summed E-state index contributed by atoms with van der Waals surface area (Å²) in [5, 5.41) is 15.0. The predicted octanol–water partition coefficient (Wildman–Crippen LogP) is 2.61. The van der Waals surface area contributed by atoms with Crippen LogP contribution in [0.5, 0.6) is 0 Å². The van der Waals surface area contributed by atoms with E-state index in [9.17, 15) is 22.9 Å². The number of hydrogen-bond donors (Lipinski definition) is 1. The van der Waals surface area contributed by atoms with E-state index < -0.39 is 26.8 Å². The van der Waals surface area contributed by atoms with Crippen LogP contribution in [0.25, 0.3) is 0 Å². The molecule has 0 spiro atoms. The molecule has 0 amide bonds. The van der Waals surface area contributed by atoms with Crippen LogP contribution >= 0.6 is 0 Å². The number of anilines is 1. The third-order valence-electron chi connectivity index (χ3n) is 5.89. The molecule has 180 valence electrons. The topological polar surface area (TPSA) is 114 Å². The number of nitrogens with one attached hydrogen (secondary N) is 1. The average molecular weight is 489 g/mol. The number of nitro groups is 1. The van der Waals surface area contributed by atoms with Crippen LogP contribution in [-0.4, -0.2) is 65.3 Å². The van der Waals surface area contributed by atoms with E-state index in [2.05, 4.69) is 10.3 Å². The zero-order valence-electron chi connectivity index (χ0n) is 18.8. The summed E-state index contributed by atoms with van der Waals surface area (Å²) in [5.41, 5.74) is 0.385. The lowest BCUT2D eigenvalue weighted by Crippen LogP contribution is -2.47. The van der Waals surface area contributed by atoms with Gasteiger partial charge < -0.3 is 14.8 Å². The van der Waals surface area contributed by atoms with Gasteiger partial charge >= 0.3 is 0 Å². The smallest absolute Gasteiger partial charge is 0.293 e. The molecule has 0 radical (unpaired) electrons. The summed E-state index contributed by atoms with van der Waals surface area (Å²) < 4.78 is 42.8. The Bertz CT molecular complexity index is 1290. The first-order valence-electron chi connectivity index (χ1n) is 10.6. The Balaban J connectivity index is 1.71. The maximum Gasteiger partial charge on any atom is 0.293 e. The molecule has 4 rings (SSSR count). The van der Waals surface area contributed by atoms with Crippen LogP contribution < -0.4 is 5.32 Å². The molecular weight excluding hydrogens is 463 g/mol. The summed E-state index contributed by atoms with van der Waals surface area (Å²) >= 11 is 0. The van der Waals surface area contributed by atoms with Gasteiger partial charge in [-0.3, -0.25) is 10.1 Å². The molecular formula is C22H25FN6O4S. The number of hydrogen-bond acceptors (Lipinski definition) is 7. The summed E-state index contributed by atoms with van der Waals surface area (Å²) in [5.74, 6) is 0.141. The summed E-state index contributed by atoms with van der Waals surface area (Å²) in [6.07, 6.45) is 3.32. The molecule has 1 fully saturated rings. The Morgan fingerprint density at radius 2 is 1.76 bits per heavy atom. The fraction of sp³-hybridized carbons (Fsp3) is 0.318. The first-order valence-corrected chi connectivity index (χ1v) is 12.1. The van der Waals surface area contributed by atoms with Crippen molar-refractivity contribution in [3.8, 4) is 0 Å². The highest BCUT2D eigenvalue weighted by Crippen LogP contribution is 2.34. The minimum absolute atomic E-state index is 0.125. The van der Waals surface area contributed by atoms with Gasteiger partial charge in [-0.25, -0.2) is 17.8 Å². The fourth-order valence-corrected chi connectivity index (χ4v) is 5.33. The first kappa shape index (κ1) is 23.8. The summed E-state index contributed by atoms with van der Waals surface area (Å²) in [7, 11) is -0.188. The fourth-order valence-electron chi connectivity index (χ4n) is 3.89. The van der Waals surface area contributed by atoms with E-state index in [0.29, 0.717) is 37.6 Å². The zero-order chi connectivity index (χ0) is 24.5. The lowest BCUT2D eigenvalue weighted by Gasteiger charge is -2.31. The molecule has 0 aliphatic carbocycles. The molecule has 1 aliphatic heterocycles. The lowest BCUT2D eigenvalue weighted by molar-refractivity contribution is -0.384. The summed E-state index contributed by atoms with van der Waals surface area (Å²) in [6.45, 7) is 1.81. The highest BCUT2D eigenvalue weighted by Gasteiger charge is 2.30. The molecule has 10 nitrogen and oxygen atoms in total. The number of likely N-dealkylation sites (N-methyl/N-ethyl adjacent to an activating group) is 1. The van der Waals surface area contributed by atoms with Gasteiger partial charge in [0.15, 0.2) is 0 Å². The number of nitro benzene ring substituents is 1. The van der Waals surface area contributed by atoms with Gasteiger partial charge in [0.05, 0.1) is 9.82 Å². The Morgan fingerprint density at radius 3 is 2.35 bits per heavy atom. The first-order chi connectivity index (χ1) is 16.2. The molecule has 2 heterocycles. The predicted molar refractivity (Wildman–Crippen MR) is 124 cm³/mol. The second-order valence-corrected chi connectivity index (χ2v) is 10.1. The van der Waals surface area contributed by atoms with Crippen LogP contribution in [0.15, 0.2) is 59.8 Å². The quantitative estimate of drug-likeness (QED) is 0.402. The maximum atomic E-state index is 13.5. The van der Waals surface area contributed by atoms with Gasteiger partial charge in [-0.1, -0.05) is 12.1 Å². The number of rotatable bonds is 7. The monoisotopic (exact) mass is 488 g/mol. The maximum absolute atomic E-state index is 13.5. The minimum Gasteiger partial charge on any atom is -0.366 e. The van der Waals surface area contributed by atoms with Crippen LogP contribution in [0, 0.1) is 15.9 Å². The Kier molecular flexibility index (Phi) is 6.64. The van der Waals surface area contributed by atoms with Crippen molar-refractivity contribution in [1.82, 2.24) is 18.8 Å². The molecule has 1 aliphatic rings. The number of sulfonamides is 1. The second-order valence-electron chi connectivity index (χ2n) is 8.17. The van der Waals surface area contributed by atoms with Crippen molar-refractivity contribution < 1.29 is 17.7 Å². The minimum atomic E-state index is -3.88. The molecule has 3 aromatic rings. The van der Waals surface area contributed by atoms with Gasteiger partial charge in [0.1, 0.15) is 23.4 Å². The number of halogens is 1. The van der Waals surface area contributed by atoms with Crippen molar-refractivity contribution in [2.45, 2.75) is 10.9 Å². The number of aromatic nitrogens is 2. The third kappa shape index (κ3) is 4.79. The standard InChI is InChI=1S/C22H25FN6O4S/c1-26-11-13-28(14-12-26)34(32,33)18-7-8-19(20(15-18)29(30)31)25-21(22-24-9-10-27(22)2)16-3-5-17(23)6-4-16/h3-10,15,21,25H,11-14H2,1-2H3/t21-/m0/s1. The molecule has 12 heteroatoms. The Hall–Kier alpha value is -3.35. The van der Waals surface area contributed by atoms with Crippen molar-refractivity contribution in [1.29, 1.82) is 0 Å². The van der Waals surface area contributed by atoms with Gasteiger partial charge in [0.25, 0.3) is 5.69 Å². The number of piperazine rings is 1. The average Bonchev–Trinajstić information content (AvgIpc) is 3.24. The SMILES string of the molecule is CN1CCN(S(=O)(=O)c2ccc(N[C@@H](c3ccc(F)cc3)c3nccn3C)c([N+](=O)[O-])c2)CC1. The molecule has 1 atom stereocenters. The van der Waals surface area contributed by atoms with Crippen molar-refractivity contribution in [2.24, 2.45) is 7.05 Å². The van der Waals surface area contributed by atoms with E-state index in [-0.39, 0.29) is 16.3 Å². The van der Waals surface area contributed by atoms with Gasteiger partial charge in [-0.05, 0) is 36.9 Å². The number of aryl methyl sites for hydroxylation is 1. The highest BCUT2D eigenvalue weighted by atomic mass is 32.2. The Morgan fingerprint density at radius 1 is 1.09 bits per heavy atom. The Labute approximate surface area is 196 Å². The van der Waals surface area contributed by atoms with Crippen LogP contribution in [0.2, 0.25) is 0 Å². The van der Waals surface area contributed by atoms with Crippen LogP contribution in [0.1, 0.15) is 17.4 Å². The van der Waals surface area contributed by atoms with Gasteiger partial charge in [0.2, 0.25) is 10.0 Å². The lowest BCUT2D eigenvalue weighted by atomic mass is 10.1. The third-order valence-corrected chi connectivity index (χ3v) is 7.78. The highest BCUT2D eigenvalue weighted by molar-refractivity contribution is 7.89. The van der Waals surface area contributed by atoms with E-state index >= 15 is 0 Å². The second kappa shape index (κ2) is 9.49. The van der Waals surface area contributed by atoms with Gasteiger partial charge in [0, 0.05) is 51.7 Å². The zero-order valence-corrected chi connectivity index (χ0v) is 19.6. The summed E-state index contributed by atoms with van der Waals surface area (Å²) in [4.78, 5) is 17.5. The van der Waals surface area contributed by atoms with Crippen LogP contribution in [0.4, 0.5) is 15.8 Å². The number of benzene rings is 2. The van der Waals surface area contributed by atoms with E-state index in [1.165, 1.54) is 28.6 Å². The van der Waals surface area contributed by atoms with Crippen LogP contribution in [-0.2, 0) is 17.1 Å². The summed E-state index contributed by atoms with van der Waals surface area (Å²) in [6, 6.07) is 8.93. The van der Waals surface area contributed by atoms with Crippen LogP contribution in [0.3, 0.4) is 0 Å². The van der Waals surface area contributed by atoms with E-state index in [4.69, 9.17) is 0 Å². The van der Waals surface area contributed by atoms with Crippen molar-refractivity contribution in [3.63, 3.8) is 0 Å². The molecule has 1 aromatic heterocycles. The molecule has 1 saturated heterocycles. The van der Waals surface area contributed by atoms with Gasteiger partial charge in [-0.15, -0.1) is 0 Å².